The summed E-state index contributed by atoms with van der Waals surface area (Å²) in [5.74, 6) is 1.83. The van der Waals surface area contributed by atoms with E-state index in [1.165, 1.54) is 58.3 Å². The van der Waals surface area contributed by atoms with Crippen LogP contribution in [-0.2, 0) is 4.74 Å². The van der Waals surface area contributed by atoms with Gasteiger partial charge in [0, 0.05) is 19.2 Å². The van der Waals surface area contributed by atoms with Gasteiger partial charge >= 0.3 is 0 Å². The summed E-state index contributed by atoms with van der Waals surface area (Å²) in [4.78, 5) is 2.65. The second-order valence-corrected chi connectivity index (χ2v) is 6.16. The van der Waals surface area contributed by atoms with Crippen molar-refractivity contribution in [2.24, 2.45) is 11.8 Å². The van der Waals surface area contributed by atoms with Crippen LogP contribution in [0.5, 0.6) is 0 Å². The van der Waals surface area contributed by atoms with E-state index in [4.69, 9.17) is 4.74 Å². The minimum absolute atomic E-state index is 0. The van der Waals surface area contributed by atoms with Gasteiger partial charge in [-0.05, 0) is 63.6 Å². The van der Waals surface area contributed by atoms with Crippen LogP contribution >= 0.6 is 12.4 Å². The molecule has 2 aliphatic heterocycles. The van der Waals surface area contributed by atoms with Crippen molar-refractivity contribution in [1.82, 2.24) is 10.2 Å². The van der Waals surface area contributed by atoms with E-state index < -0.39 is 0 Å². The number of ether oxygens (including phenoxy) is 1. The third-order valence-electron chi connectivity index (χ3n) is 4.52. The van der Waals surface area contributed by atoms with E-state index in [-0.39, 0.29) is 12.4 Å². The lowest BCUT2D eigenvalue weighted by Crippen LogP contribution is -2.44. The Labute approximate surface area is 117 Å². The summed E-state index contributed by atoms with van der Waals surface area (Å²) in [5.41, 5.74) is 0. The maximum absolute atomic E-state index is 5.45. The lowest BCUT2D eigenvalue weighted by Gasteiger charge is -2.33. The molecule has 0 radical (unpaired) electrons. The van der Waals surface area contributed by atoms with Gasteiger partial charge < -0.3 is 15.0 Å². The first-order chi connectivity index (χ1) is 8.40. The Morgan fingerprint density at radius 1 is 1.00 bits per heavy atom. The maximum atomic E-state index is 5.45. The SMILES string of the molecule is C1CC(CN2CCC(NCC3CC3)CC2)CO1.Cl. The average Bonchev–Trinajstić information content (AvgIpc) is 3.05. The minimum atomic E-state index is 0. The van der Waals surface area contributed by atoms with Crippen molar-refractivity contribution in [2.75, 3.05) is 39.4 Å². The summed E-state index contributed by atoms with van der Waals surface area (Å²) in [6.07, 6.45) is 6.90. The van der Waals surface area contributed by atoms with E-state index in [1.54, 1.807) is 0 Å². The molecule has 3 rings (SSSR count). The molecule has 0 aromatic carbocycles. The van der Waals surface area contributed by atoms with Crippen LogP contribution in [0.2, 0.25) is 0 Å². The molecule has 1 atom stereocenters. The molecule has 0 spiro atoms. The number of halogens is 1. The molecule has 4 heteroatoms. The first-order valence-corrected chi connectivity index (χ1v) is 7.43. The zero-order chi connectivity index (χ0) is 11.5. The van der Waals surface area contributed by atoms with E-state index in [1.807, 2.05) is 0 Å². The number of piperidine rings is 1. The zero-order valence-corrected chi connectivity index (χ0v) is 12.1. The summed E-state index contributed by atoms with van der Waals surface area (Å²) in [6, 6.07) is 0.798. The predicted molar refractivity (Wildman–Crippen MR) is 76.4 cm³/mol. The molecule has 0 amide bonds. The molecule has 2 saturated heterocycles. The van der Waals surface area contributed by atoms with E-state index >= 15 is 0 Å². The summed E-state index contributed by atoms with van der Waals surface area (Å²) in [7, 11) is 0. The van der Waals surface area contributed by atoms with Crippen molar-refractivity contribution in [3.05, 3.63) is 0 Å². The predicted octanol–water partition coefficient (Wildman–Crippen LogP) is 1.91. The number of likely N-dealkylation sites (tertiary alicyclic amines) is 1. The molecule has 0 aromatic heterocycles. The van der Waals surface area contributed by atoms with E-state index in [0.717, 1.165) is 31.1 Å². The highest BCUT2D eigenvalue weighted by molar-refractivity contribution is 5.85. The minimum Gasteiger partial charge on any atom is -0.381 e. The molecular formula is C14H27ClN2O. The summed E-state index contributed by atoms with van der Waals surface area (Å²) in [5, 5.41) is 3.75. The molecular weight excluding hydrogens is 248 g/mol. The molecule has 1 aliphatic carbocycles. The van der Waals surface area contributed by atoms with E-state index in [0.29, 0.717) is 0 Å². The van der Waals surface area contributed by atoms with Crippen LogP contribution in [0.1, 0.15) is 32.1 Å². The van der Waals surface area contributed by atoms with Gasteiger partial charge in [-0.15, -0.1) is 12.4 Å². The van der Waals surface area contributed by atoms with Crippen LogP contribution in [0, 0.1) is 11.8 Å². The van der Waals surface area contributed by atoms with Gasteiger partial charge in [0.2, 0.25) is 0 Å². The van der Waals surface area contributed by atoms with Gasteiger partial charge in [-0.2, -0.15) is 0 Å². The Bertz CT molecular complexity index is 234. The summed E-state index contributed by atoms with van der Waals surface area (Å²) < 4.78 is 5.45. The van der Waals surface area contributed by atoms with Gasteiger partial charge in [-0.3, -0.25) is 0 Å². The monoisotopic (exact) mass is 274 g/mol. The number of nitrogens with one attached hydrogen (secondary N) is 1. The first-order valence-electron chi connectivity index (χ1n) is 7.43. The number of hydrogen-bond acceptors (Lipinski definition) is 3. The maximum Gasteiger partial charge on any atom is 0.0507 e. The van der Waals surface area contributed by atoms with Gasteiger partial charge in [0.05, 0.1) is 6.61 Å². The van der Waals surface area contributed by atoms with Crippen LogP contribution in [0.15, 0.2) is 0 Å². The lowest BCUT2D eigenvalue weighted by atomic mass is 10.0. The smallest absolute Gasteiger partial charge is 0.0507 e. The van der Waals surface area contributed by atoms with E-state index in [2.05, 4.69) is 10.2 Å². The second kappa shape index (κ2) is 7.09. The highest BCUT2D eigenvalue weighted by Gasteiger charge is 2.26. The first kappa shape index (κ1) is 14.6. The zero-order valence-electron chi connectivity index (χ0n) is 11.3. The lowest BCUT2D eigenvalue weighted by molar-refractivity contribution is 0.147. The largest absolute Gasteiger partial charge is 0.381 e. The van der Waals surface area contributed by atoms with Crippen LogP contribution in [0.3, 0.4) is 0 Å². The summed E-state index contributed by atoms with van der Waals surface area (Å²) >= 11 is 0. The molecule has 0 bridgehead atoms. The fraction of sp³-hybridized carbons (Fsp3) is 1.00. The van der Waals surface area contributed by atoms with Gasteiger partial charge in [-0.1, -0.05) is 0 Å². The fourth-order valence-electron chi connectivity index (χ4n) is 3.07. The molecule has 0 aromatic rings. The molecule has 1 unspecified atom stereocenters. The van der Waals surface area contributed by atoms with Crippen molar-refractivity contribution in [3.63, 3.8) is 0 Å². The average molecular weight is 275 g/mol. The molecule has 3 fully saturated rings. The van der Waals surface area contributed by atoms with Crippen molar-refractivity contribution in [3.8, 4) is 0 Å². The third kappa shape index (κ3) is 4.37. The van der Waals surface area contributed by atoms with E-state index in [9.17, 15) is 0 Å². The Balaban J connectivity index is 0.00000120. The third-order valence-corrected chi connectivity index (χ3v) is 4.52. The van der Waals surface area contributed by atoms with Crippen LogP contribution < -0.4 is 5.32 Å². The topological polar surface area (TPSA) is 24.5 Å². The Morgan fingerprint density at radius 2 is 1.78 bits per heavy atom. The quantitative estimate of drug-likeness (QED) is 0.829. The molecule has 1 saturated carbocycles. The van der Waals surface area contributed by atoms with Gasteiger partial charge in [-0.25, -0.2) is 0 Å². The molecule has 106 valence electrons. The van der Waals surface area contributed by atoms with Gasteiger partial charge in [0.1, 0.15) is 0 Å². The number of rotatable bonds is 5. The highest BCUT2D eigenvalue weighted by Crippen LogP contribution is 2.28. The van der Waals surface area contributed by atoms with Crippen molar-refractivity contribution in [2.45, 2.75) is 38.1 Å². The van der Waals surface area contributed by atoms with Crippen molar-refractivity contribution < 1.29 is 4.74 Å². The molecule has 3 nitrogen and oxygen atoms in total. The highest BCUT2D eigenvalue weighted by atomic mass is 35.5. The van der Waals surface area contributed by atoms with Crippen molar-refractivity contribution in [1.29, 1.82) is 0 Å². The number of hydrogen-bond donors (Lipinski definition) is 1. The number of nitrogens with zero attached hydrogens (tertiary/aromatic N) is 1. The molecule has 3 aliphatic rings. The Hall–Kier alpha value is 0.170. The van der Waals surface area contributed by atoms with Crippen LogP contribution in [0.25, 0.3) is 0 Å². The molecule has 18 heavy (non-hydrogen) atoms. The standard InChI is InChI=1S/C14H26N2O.ClH/c1-2-12(1)9-15-14-3-6-16(7-4-14)10-13-5-8-17-11-13;/h12-15H,1-11H2;1H. The second-order valence-electron chi connectivity index (χ2n) is 6.16. The van der Waals surface area contributed by atoms with Gasteiger partial charge in [0.25, 0.3) is 0 Å². The van der Waals surface area contributed by atoms with Crippen LogP contribution in [0.4, 0.5) is 0 Å². The molecule has 1 N–H and O–H groups in total. The Kier molecular flexibility index (Phi) is 5.74. The van der Waals surface area contributed by atoms with Gasteiger partial charge in [0.15, 0.2) is 0 Å². The normalized spacial score (nSPS) is 30.3. The fourth-order valence-corrected chi connectivity index (χ4v) is 3.07. The molecule has 2 heterocycles. The van der Waals surface area contributed by atoms with Crippen LogP contribution in [-0.4, -0.2) is 50.3 Å². The summed E-state index contributed by atoms with van der Waals surface area (Å²) in [6.45, 7) is 7.12. The van der Waals surface area contributed by atoms with Crippen molar-refractivity contribution >= 4 is 12.4 Å². The Morgan fingerprint density at radius 3 is 2.39 bits per heavy atom.